The highest BCUT2D eigenvalue weighted by Gasteiger charge is 2.04. The normalized spacial score (nSPS) is 10.2. The van der Waals surface area contributed by atoms with Crippen molar-refractivity contribution in [1.29, 1.82) is 0 Å². The molecule has 15 heavy (non-hydrogen) atoms. The van der Waals surface area contributed by atoms with Crippen LogP contribution in [-0.2, 0) is 6.54 Å². The average Bonchev–Trinajstić information content (AvgIpc) is 2.73. The van der Waals surface area contributed by atoms with Gasteiger partial charge in [-0.2, -0.15) is 0 Å². The van der Waals surface area contributed by atoms with Crippen molar-refractivity contribution < 1.29 is 4.42 Å². The van der Waals surface area contributed by atoms with Crippen molar-refractivity contribution in [2.45, 2.75) is 6.54 Å². The Morgan fingerprint density at radius 3 is 3.20 bits per heavy atom. The monoisotopic (exact) mass is 317 g/mol. The van der Waals surface area contributed by atoms with Crippen LogP contribution < -0.4 is 10.9 Å². The Morgan fingerprint density at radius 2 is 2.47 bits per heavy atom. The average molecular weight is 317 g/mol. The van der Waals surface area contributed by atoms with Gasteiger partial charge in [0.15, 0.2) is 0 Å². The highest BCUT2D eigenvalue weighted by atomic mass is 127. The smallest absolute Gasteiger partial charge is 0.266 e. The van der Waals surface area contributed by atoms with Crippen LogP contribution in [0.1, 0.15) is 5.56 Å². The Kier molecular flexibility index (Phi) is 3.05. The van der Waals surface area contributed by atoms with Crippen molar-refractivity contribution in [2.24, 2.45) is 0 Å². The standard InChI is InChI=1S/C9H8IN3O2/c10-7-8(12-5-13-9(7)14)11-3-6-1-2-15-4-6/h1-2,4-5H,3H2,(H2,11,12,13,14). The molecule has 2 N–H and O–H groups in total. The van der Waals surface area contributed by atoms with Crippen LogP contribution in [0.5, 0.6) is 0 Å². The number of aromatic amines is 1. The minimum absolute atomic E-state index is 0.139. The maximum Gasteiger partial charge on any atom is 0.266 e. The van der Waals surface area contributed by atoms with Gasteiger partial charge in [0.05, 0.1) is 18.9 Å². The molecule has 78 valence electrons. The second kappa shape index (κ2) is 4.47. The molecular formula is C9H8IN3O2. The number of rotatable bonds is 3. The summed E-state index contributed by atoms with van der Waals surface area (Å²) < 4.78 is 5.48. The lowest BCUT2D eigenvalue weighted by atomic mass is 10.3. The molecule has 0 fully saturated rings. The molecule has 0 saturated carbocycles. The van der Waals surface area contributed by atoms with Crippen molar-refractivity contribution in [3.8, 4) is 0 Å². The topological polar surface area (TPSA) is 70.9 Å². The van der Waals surface area contributed by atoms with Crippen LogP contribution in [0, 0.1) is 3.57 Å². The Morgan fingerprint density at radius 1 is 1.60 bits per heavy atom. The molecule has 0 aliphatic carbocycles. The van der Waals surface area contributed by atoms with Gasteiger partial charge in [0, 0.05) is 12.1 Å². The molecule has 2 rings (SSSR count). The molecule has 0 spiro atoms. The van der Waals surface area contributed by atoms with E-state index in [9.17, 15) is 4.79 Å². The molecule has 2 aromatic rings. The molecule has 2 aromatic heterocycles. The third kappa shape index (κ3) is 2.38. The van der Waals surface area contributed by atoms with Gasteiger partial charge >= 0.3 is 0 Å². The summed E-state index contributed by atoms with van der Waals surface area (Å²) in [5.41, 5.74) is 0.869. The largest absolute Gasteiger partial charge is 0.472 e. The van der Waals surface area contributed by atoms with Crippen molar-refractivity contribution in [3.05, 3.63) is 44.4 Å². The van der Waals surface area contributed by atoms with E-state index in [2.05, 4.69) is 15.3 Å². The molecule has 0 aliphatic heterocycles. The molecular weight excluding hydrogens is 309 g/mol. The number of hydrogen-bond acceptors (Lipinski definition) is 4. The first kappa shape index (κ1) is 10.2. The fourth-order valence-corrected chi connectivity index (χ4v) is 1.57. The van der Waals surface area contributed by atoms with Gasteiger partial charge in [0.1, 0.15) is 9.39 Å². The van der Waals surface area contributed by atoms with Crippen LogP contribution in [-0.4, -0.2) is 9.97 Å². The Hall–Kier alpha value is -1.31. The lowest BCUT2D eigenvalue weighted by Crippen LogP contribution is -2.14. The van der Waals surface area contributed by atoms with Crippen molar-refractivity contribution in [1.82, 2.24) is 9.97 Å². The van der Waals surface area contributed by atoms with E-state index < -0.39 is 0 Å². The molecule has 0 saturated heterocycles. The second-order valence-corrected chi connectivity index (χ2v) is 3.96. The highest BCUT2D eigenvalue weighted by Crippen LogP contribution is 2.10. The summed E-state index contributed by atoms with van der Waals surface area (Å²) in [6.45, 7) is 0.586. The summed E-state index contributed by atoms with van der Waals surface area (Å²) >= 11 is 1.95. The van der Waals surface area contributed by atoms with E-state index in [-0.39, 0.29) is 5.56 Å². The van der Waals surface area contributed by atoms with E-state index in [0.717, 1.165) is 5.56 Å². The first-order chi connectivity index (χ1) is 7.27. The van der Waals surface area contributed by atoms with Crippen LogP contribution in [0.25, 0.3) is 0 Å². The summed E-state index contributed by atoms with van der Waals surface area (Å²) in [6, 6.07) is 1.85. The van der Waals surface area contributed by atoms with Crippen molar-refractivity contribution in [3.63, 3.8) is 0 Å². The van der Waals surface area contributed by atoms with Gasteiger partial charge in [0.25, 0.3) is 5.56 Å². The minimum Gasteiger partial charge on any atom is -0.472 e. The molecule has 0 bridgehead atoms. The molecule has 0 radical (unpaired) electrons. The van der Waals surface area contributed by atoms with E-state index in [4.69, 9.17) is 4.42 Å². The van der Waals surface area contributed by atoms with E-state index in [1.807, 2.05) is 28.7 Å². The number of anilines is 1. The lowest BCUT2D eigenvalue weighted by molar-refractivity contribution is 0.564. The van der Waals surface area contributed by atoms with Crippen molar-refractivity contribution in [2.75, 3.05) is 5.32 Å². The maximum absolute atomic E-state index is 11.2. The third-order valence-corrected chi connectivity index (χ3v) is 2.84. The van der Waals surface area contributed by atoms with Gasteiger partial charge in [0.2, 0.25) is 0 Å². The minimum atomic E-state index is -0.139. The lowest BCUT2D eigenvalue weighted by Gasteiger charge is -2.04. The number of H-pyrrole nitrogens is 1. The SMILES string of the molecule is O=c1[nH]cnc(NCc2ccoc2)c1I. The molecule has 0 amide bonds. The summed E-state index contributed by atoms with van der Waals surface area (Å²) in [5, 5.41) is 3.06. The molecule has 5 nitrogen and oxygen atoms in total. The zero-order valence-corrected chi connectivity index (χ0v) is 9.82. The van der Waals surface area contributed by atoms with Gasteiger partial charge in [-0.1, -0.05) is 0 Å². The summed E-state index contributed by atoms with van der Waals surface area (Å²) in [7, 11) is 0. The van der Waals surface area contributed by atoms with Gasteiger partial charge in [-0.15, -0.1) is 0 Å². The van der Waals surface area contributed by atoms with Crippen molar-refractivity contribution >= 4 is 28.4 Å². The van der Waals surface area contributed by atoms with Gasteiger partial charge < -0.3 is 14.7 Å². The number of aromatic nitrogens is 2. The van der Waals surface area contributed by atoms with E-state index in [0.29, 0.717) is 15.9 Å². The van der Waals surface area contributed by atoms with E-state index in [1.165, 1.54) is 6.33 Å². The van der Waals surface area contributed by atoms with Crippen LogP contribution in [0.3, 0.4) is 0 Å². The van der Waals surface area contributed by atoms with Crippen LogP contribution in [0.4, 0.5) is 5.82 Å². The van der Waals surface area contributed by atoms with Crippen LogP contribution in [0.15, 0.2) is 34.1 Å². The fraction of sp³-hybridized carbons (Fsp3) is 0.111. The maximum atomic E-state index is 11.2. The Balaban J connectivity index is 2.12. The molecule has 0 aliphatic rings. The quantitative estimate of drug-likeness (QED) is 0.843. The zero-order valence-electron chi connectivity index (χ0n) is 7.66. The zero-order chi connectivity index (χ0) is 10.7. The first-order valence-corrected chi connectivity index (χ1v) is 5.33. The molecule has 0 atom stereocenters. The fourth-order valence-electron chi connectivity index (χ4n) is 1.09. The third-order valence-electron chi connectivity index (χ3n) is 1.84. The van der Waals surface area contributed by atoms with Crippen LogP contribution >= 0.6 is 22.6 Å². The van der Waals surface area contributed by atoms with Gasteiger partial charge in [-0.25, -0.2) is 4.98 Å². The number of furan rings is 1. The van der Waals surface area contributed by atoms with Gasteiger partial charge in [-0.3, -0.25) is 4.79 Å². The molecule has 6 heteroatoms. The first-order valence-electron chi connectivity index (χ1n) is 4.25. The van der Waals surface area contributed by atoms with Gasteiger partial charge in [-0.05, 0) is 28.7 Å². The summed E-state index contributed by atoms with van der Waals surface area (Å²) in [6.07, 6.45) is 4.63. The summed E-state index contributed by atoms with van der Waals surface area (Å²) in [4.78, 5) is 17.8. The molecule has 0 unspecified atom stereocenters. The number of hydrogen-bond donors (Lipinski definition) is 2. The number of nitrogens with one attached hydrogen (secondary N) is 2. The van der Waals surface area contributed by atoms with E-state index >= 15 is 0 Å². The summed E-state index contributed by atoms with van der Waals surface area (Å²) in [5.74, 6) is 0.584. The number of nitrogens with zero attached hydrogens (tertiary/aromatic N) is 1. The Labute approximate surface area is 99.1 Å². The predicted molar refractivity (Wildman–Crippen MR) is 63.6 cm³/mol. The van der Waals surface area contributed by atoms with E-state index in [1.54, 1.807) is 12.5 Å². The predicted octanol–water partition coefficient (Wildman–Crippen LogP) is 1.58. The highest BCUT2D eigenvalue weighted by molar-refractivity contribution is 14.1. The molecule has 2 heterocycles. The molecule has 0 aromatic carbocycles. The second-order valence-electron chi connectivity index (χ2n) is 2.88. The Bertz CT molecular complexity index is 492. The van der Waals surface area contributed by atoms with Crippen LogP contribution in [0.2, 0.25) is 0 Å². The number of halogens is 1.